The molecule has 0 aliphatic carbocycles. The Labute approximate surface area is 193 Å². The molecule has 1 unspecified atom stereocenters. The average Bonchev–Trinajstić information content (AvgIpc) is 3.41. The maximum atomic E-state index is 14.5. The Morgan fingerprint density at radius 1 is 1.15 bits per heavy atom. The van der Waals surface area contributed by atoms with Crippen LogP contribution >= 0.6 is 0 Å². The van der Waals surface area contributed by atoms with Crippen LogP contribution in [0.15, 0.2) is 42.6 Å². The highest BCUT2D eigenvalue weighted by atomic mass is 19.1. The van der Waals surface area contributed by atoms with Gasteiger partial charge >= 0.3 is 0 Å². The minimum atomic E-state index is -2.63. The summed E-state index contributed by atoms with van der Waals surface area (Å²) < 4.78 is 44.0. The summed E-state index contributed by atoms with van der Waals surface area (Å²) >= 11 is 0. The van der Waals surface area contributed by atoms with Crippen LogP contribution in [-0.2, 0) is 23.1 Å². The molecule has 0 saturated carbocycles. The molecule has 1 atom stereocenters. The van der Waals surface area contributed by atoms with E-state index >= 15 is 0 Å². The number of nitrogens with zero attached hydrogens (tertiary/aromatic N) is 3. The lowest BCUT2D eigenvalue weighted by Crippen LogP contribution is -2.52. The number of fused-ring (bicyclic) bond motifs is 1. The summed E-state index contributed by atoms with van der Waals surface area (Å²) in [6, 6.07) is 8.41. The van der Waals surface area contributed by atoms with Crippen molar-refractivity contribution in [3.05, 3.63) is 59.5 Å². The molecule has 0 bridgehead atoms. The number of amides is 3. The highest BCUT2D eigenvalue weighted by Gasteiger charge is 2.39. The third-order valence-electron chi connectivity index (χ3n) is 6.03. The summed E-state index contributed by atoms with van der Waals surface area (Å²) in [4.78, 5) is 38.3. The molecular formula is C24H21FN4O4. The van der Waals surface area contributed by atoms with Crippen LogP contribution in [0.2, 0.25) is 0 Å². The fraction of sp³-hybridized carbons (Fsp3) is 0.250. The van der Waals surface area contributed by atoms with Gasteiger partial charge in [0.05, 0.1) is 19.0 Å². The first kappa shape index (κ1) is 17.5. The van der Waals surface area contributed by atoms with Crippen LogP contribution in [0.1, 0.15) is 32.9 Å². The SMILES string of the molecule is [2H]C([2H])([2H])n1ncc(-c2ccc3c(c2)CN(C2CCC(=O)NC2=O)C3=O)c1-c1ccc(OC)c(F)c1. The van der Waals surface area contributed by atoms with Crippen LogP contribution in [-0.4, -0.2) is 45.6 Å². The van der Waals surface area contributed by atoms with Crippen LogP contribution in [0, 0.1) is 5.82 Å². The van der Waals surface area contributed by atoms with Crippen LogP contribution in [0.5, 0.6) is 5.75 Å². The molecular weight excluding hydrogens is 427 g/mol. The molecule has 9 heteroatoms. The topological polar surface area (TPSA) is 93.5 Å². The molecule has 3 heterocycles. The Balaban J connectivity index is 1.55. The zero-order chi connectivity index (χ0) is 25.8. The lowest BCUT2D eigenvalue weighted by atomic mass is 9.98. The summed E-state index contributed by atoms with van der Waals surface area (Å²) in [7, 11) is 1.33. The highest BCUT2D eigenvalue weighted by molar-refractivity contribution is 6.05. The van der Waals surface area contributed by atoms with E-state index in [1.165, 1.54) is 30.3 Å². The van der Waals surface area contributed by atoms with Crippen LogP contribution in [0.3, 0.4) is 0 Å². The molecule has 1 N–H and O–H groups in total. The predicted octanol–water partition coefficient (Wildman–Crippen LogP) is 2.66. The average molecular weight is 451 g/mol. The first-order valence-electron chi connectivity index (χ1n) is 11.8. The summed E-state index contributed by atoms with van der Waals surface area (Å²) in [5, 5.41) is 6.33. The molecule has 3 amide bonds. The van der Waals surface area contributed by atoms with Gasteiger partial charge in [-0.3, -0.25) is 24.4 Å². The van der Waals surface area contributed by atoms with Gasteiger partial charge in [-0.2, -0.15) is 5.10 Å². The van der Waals surface area contributed by atoms with Gasteiger partial charge < -0.3 is 9.64 Å². The fourth-order valence-electron chi connectivity index (χ4n) is 4.39. The number of nitrogens with one attached hydrogen (secondary N) is 1. The smallest absolute Gasteiger partial charge is 0.255 e. The van der Waals surface area contributed by atoms with Crippen molar-refractivity contribution in [1.29, 1.82) is 0 Å². The number of carbonyl (C=O) groups excluding carboxylic acids is 3. The summed E-state index contributed by atoms with van der Waals surface area (Å²) in [5.74, 6) is -1.82. The molecule has 5 rings (SSSR count). The van der Waals surface area contributed by atoms with E-state index in [1.807, 2.05) is 0 Å². The minimum absolute atomic E-state index is 0.0184. The van der Waals surface area contributed by atoms with E-state index in [4.69, 9.17) is 8.85 Å². The third kappa shape index (κ3) is 3.45. The van der Waals surface area contributed by atoms with Crippen LogP contribution in [0.25, 0.3) is 22.4 Å². The van der Waals surface area contributed by atoms with E-state index in [0.29, 0.717) is 27.8 Å². The number of carbonyl (C=O) groups is 3. The Morgan fingerprint density at radius 2 is 1.97 bits per heavy atom. The number of piperidine rings is 1. The van der Waals surface area contributed by atoms with E-state index in [1.54, 1.807) is 24.3 Å². The van der Waals surface area contributed by atoms with Crippen molar-refractivity contribution in [1.82, 2.24) is 20.0 Å². The molecule has 1 aromatic heterocycles. The quantitative estimate of drug-likeness (QED) is 0.616. The summed E-state index contributed by atoms with van der Waals surface area (Å²) in [6.07, 6.45) is 1.79. The van der Waals surface area contributed by atoms with Crippen molar-refractivity contribution in [2.24, 2.45) is 6.98 Å². The second-order valence-electron chi connectivity index (χ2n) is 7.94. The van der Waals surface area contributed by atoms with Gasteiger partial charge in [0.25, 0.3) is 5.91 Å². The lowest BCUT2D eigenvalue weighted by Gasteiger charge is -2.29. The van der Waals surface area contributed by atoms with Gasteiger partial charge in [0.2, 0.25) is 11.8 Å². The lowest BCUT2D eigenvalue weighted by molar-refractivity contribution is -0.136. The molecule has 0 spiro atoms. The molecule has 1 fully saturated rings. The number of benzene rings is 2. The van der Waals surface area contributed by atoms with E-state index in [9.17, 15) is 18.8 Å². The van der Waals surface area contributed by atoms with E-state index in [0.717, 1.165) is 4.68 Å². The monoisotopic (exact) mass is 451 g/mol. The number of hydrogen-bond acceptors (Lipinski definition) is 5. The Morgan fingerprint density at radius 3 is 2.70 bits per heavy atom. The van der Waals surface area contributed by atoms with Gasteiger partial charge in [-0.25, -0.2) is 4.39 Å². The van der Waals surface area contributed by atoms with Crippen molar-refractivity contribution in [2.75, 3.05) is 7.11 Å². The predicted molar refractivity (Wildman–Crippen MR) is 117 cm³/mol. The Kier molecular flexibility index (Phi) is 4.17. The van der Waals surface area contributed by atoms with Crippen molar-refractivity contribution < 1.29 is 27.6 Å². The second-order valence-corrected chi connectivity index (χ2v) is 7.94. The first-order valence-corrected chi connectivity index (χ1v) is 10.3. The molecule has 168 valence electrons. The largest absolute Gasteiger partial charge is 0.494 e. The number of aryl methyl sites for hydroxylation is 1. The number of ether oxygens (including phenoxy) is 1. The van der Waals surface area contributed by atoms with Crippen molar-refractivity contribution >= 4 is 17.7 Å². The van der Waals surface area contributed by atoms with Crippen molar-refractivity contribution in [3.63, 3.8) is 0 Å². The van der Waals surface area contributed by atoms with Crippen LogP contribution < -0.4 is 10.1 Å². The van der Waals surface area contributed by atoms with Crippen molar-refractivity contribution in [2.45, 2.75) is 25.4 Å². The van der Waals surface area contributed by atoms with E-state index in [-0.39, 0.29) is 42.6 Å². The minimum Gasteiger partial charge on any atom is -0.494 e. The van der Waals surface area contributed by atoms with Gasteiger partial charge in [-0.05, 0) is 47.9 Å². The highest BCUT2D eigenvalue weighted by Crippen LogP contribution is 2.36. The van der Waals surface area contributed by atoms with Gasteiger partial charge in [0.15, 0.2) is 11.6 Å². The number of hydrogen-bond donors (Lipinski definition) is 1. The number of methoxy groups -OCH3 is 1. The zero-order valence-electron chi connectivity index (χ0n) is 20.6. The summed E-state index contributed by atoms with van der Waals surface area (Å²) in [6.45, 7) is -2.46. The summed E-state index contributed by atoms with van der Waals surface area (Å²) in [5.41, 5.74) is 2.56. The molecule has 33 heavy (non-hydrogen) atoms. The third-order valence-corrected chi connectivity index (χ3v) is 6.03. The van der Waals surface area contributed by atoms with E-state index < -0.39 is 24.7 Å². The molecule has 0 radical (unpaired) electrons. The normalized spacial score (nSPS) is 19.6. The van der Waals surface area contributed by atoms with Gasteiger partial charge in [0, 0.05) is 40.7 Å². The molecule has 3 aromatic rings. The molecule has 2 aliphatic rings. The zero-order valence-corrected chi connectivity index (χ0v) is 17.6. The maximum Gasteiger partial charge on any atom is 0.255 e. The maximum absolute atomic E-state index is 14.5. The standard InChI is InChI=1S/C24H21FN4O4/c1-28-22(14-4-7-20(33-2)18(25)10-14)17(11-26-28)13-3-5-16-15(9-13)12-29(24(16)32)19-6-8-21(30)27-23(19)31/h3-5,7,9-11,19H,6,8,12H2,1-2H3,(H,27,30,31)/i1D3. The van der Waals surface area contributed by atoms with Crippen molar-refractivity contribution in [3.8, 4) is 28.1 Å². The number of aromatic nitrogens is 2. The molecule has 8 nitrogen and oxygen atoms in total. The molecule has 1 saturated heterocycles. The van der Waals surface area contributed by atoms with Gasteiger partial charge in [0.1, 0.15) is 6.04 Å². The van der Waals surface area contributed by atoms with Gasteiger partial charge in [-0.1, -0.05) is 6.07 Å². The molecule has 2 aromatic carbocycles. The Hall–Kier alpha value is -4.01. The number of halogens is 1. The Bertz CT molecular complexity index is 1420. The first-order chi connectivity index (χ1) is 17.1. The van der Waals surface area contributed by atoms with Crippen LogP contribution in [0.4, 0.5) is 4.39 Å². The number of imide groups is 1. The van der Waals surface area contributed by atoms with E-state index in [2.05, 4.69) is 10.4 Å². The second kappa shape index (κ2) is 7.84. The fourth-order valence-corrected chi connectivity index (χ4v) is 4.39. The number of rotatable bonds is 4. The molecule has 2 aliphatic heterocycles. The van der Waals surface area contributed by atoms with Gasteiger partial charge in [-0.15, -0.1) is 0 Å².